The molecule has 0 aromatic heterocycles. The van der Waals surface area contributed by atoms with Gasteiger partial charge in [0.2, 0.25) is 0 Å². The predicted molar refractivity (Wildman–Crippen MR) is 111 cm³/mol. The van der Waals surface area contributed by atoms with Crippen LogP contribution in [0.1, 0.15) is 113 Å². The Balaban J connectivity index is 2.57. The zero-order chi connectivity index (χ0) is 19.4. The molecule has 1 aromatic carbocycles. The Morgan fingerprint density at radius 1 is 0.731 bits per heavy atom. The maximum atomic E-state index is 12.6. The molecule has 0 saturated heterocycles. The maximum Gasteiger partial charge on any atom is 0.163 e. The molecule has 0 bridgehead atoms. The van der Waals surface area contributed by atoms with Crippen molar-refractivity contribution < 1.29 is 9.59 Å². The van der Waals surface area contributed by atoms with Crippen LogP contribution in [0.4, 0.5) is 0 Å². The lowest BCUT2D eigenvalue weighted by atomic mass is 9.92. The number of carbonyl (C=O) groups is 2. The van der Waals surface area contributed by atoms with E-state index >= 15 is 0 Å². The molecule has 1 rings (SSSR count). The number of benzene rings is 1. The highest BCUT2D eigenvalue weighted by Crippen LogP contribution is 2.20. The third-order valence-electron chi connectivity index (χ3n) is 5.29. The van der Waals surface area contributed by atoms with Crippen molar-refractivity contribution in [1.29, 1.82) is 0 Å². The molecule has 2 unspecified atom stereocenters. The van der Waals surface area contributed by atoms with Crippen LogP contribution < -0.4 is 0 Å². The summed E-state index contributed by atoms with van der Waals surface area (Å²) >= 11 is 0. The van der Waals surface area contributed by atoms with Crippen molar-refractivity contribution in [2.24, 2.45) is 11.8 Å². The van der Waals surface area contributed by atoms with Gasteiger partial charge in [-0.25, -0.2) is 0 Å². The number of carbonyl (C=O) groups excluding carboxylic acids is 2. The highest BCUT2D eigenvalue weighted by Gasteiger charge is 2.16. The van der Waals surface area contributed by atoms with Crippen molar-refractivity contribution in [3.63, 3.8) is 0 Å². The zero-order valence-electron chi connectivity index (χ0n) is 17.4. The van der Waals surface area contributed by atoms with Crippen LogP contribution in [0.2, 0.25) is 0 Å². The van der Waals surface area contributed by atoms with Crippen molar-refractivity contribution in [3.8, 4) is 0 Å². The molecule has 0 aliphatic rings. The quantitative estimate of drug-likeness (QED) is 0.328. The van der Waals surface area contributed by atoms with Gasteiger partial charge in [0.25, 0.3) is 0 Å². The van der Waals surface area contributed by atoms with Gasteiger partial charge in [-0.05, 0) is 24.7 Å². The lowest BCUT2D eigenvalue weighted by molar-refractivity contribution is 0.0944. The minimum atomic E-state index is 0.122. The summed E-state index contributed by atoms with van der Waals surface area (Å²) in [7, 11) is 0. The molecule has 0 fully saturated rings. The maximum absolute atomic E-state index is 12.6. The number of hydrogen-bond donors (Lipinski definition) is 0. The van der Waals surface area contributed by atoms with Crippen LogP contribution in [0.25, 0.3) is 0 Å². The SMILES string of the molecule is CCCC(C)CCCC(=O)c1ccccc1C(=O)CCCC(C)CCC. The standard InChI is InChI=1S/C24H38O2/c1-5-11-19(3)13-9-17-23(25)21-15-7-8-16-22(21)24(26)18-10-14-20(4)12-6-2/h7-8,15-16,19-20H,5-6,9-14,17-18H2,1-4H3. The number of ketones is 2. The van der Waals surface area contributed by atoms with Gasteiger partial charge in [-0.1, -0.05) is 90.5 Å². The lowest BCUT2D eigenvalue weighted by Gasteiger charge is -2.12. The summed E-state index contributed by atoms with van der Waals surface area (Å²) in [5.74, 6) is 1.60. The Bertz CT molecular complexity index is 498. The second-order valence-corrected chi connectivity index (χ2v) is 7.96. The molecule has 2 atom stereocenters. The Kier molecular flexibility index (Phi) is 11.2. The van der Waals surface area contributed by atoms with Gasteiger partial charge >= 0.3 is 0 Å². The zero-order valence-corrected chi connectivity index (χ0v) is 17.4. The van der Waals surface area contributed by atoms with E-state index in [0.717, 1.165) is 25.7 Å². The summed E-state index contributed by atoms with van der Waals surface area (Å²) in [4.78, 5) is 25.2. The highest BCUT2D eigenvalue weighted by atomic mass is 16.1. The summed E-state index contributed by atoms with van der Waals surface area (Å²) in [6.07, 6.45) is 9.94. The highest BCUT2D eigenvalue weighted by molar-refractivity contribution is 6.08. The summed E-state index contributed by atoms with van der Waals surface area (Å²) in [6.45, 7) is 8.91. The Morgan fingerprint density at radius 2 is 1.12 bits per heavy atom. The monoisotopic (exact) mass is 358 g/mol. The molecule has 2 heteroatoms. The second-order valence-electron chi connectivity index (χ2n) is 7.96. The average Bonchev–Trinajstić information content (AvgIpc) is 2.62. The molecule has 0 heterocycles. The van der Waals surface area contributed by atoms with E-state index in [2.05, 4.69) is 27.7 Å². The molecular formula is C24H38O2. The van der Waals surface area contributed by atoms with Gasteiger partial charge in [0.15, 0.2) is 11.6 Å². The smallest absolute Gasteiger partial charge is 0.163 e. The van der Waals surface area contributed by atoms with Crippen LogP contribution in [0.3, 0.4) is 0 Å². The summed E-state index contributed by atoms with van der Waals surface area (Å²) in [5.41, 5.74) is 1.25. The molecule has 0 aliphatic carbocycles. The first-order valence-electron chi connectivity index (χ1n) is 10.6. The molecular weight excluding hydrogens is 320 g/mol. The van der Waals surface area contributed by atoms with Gasteiger partial charge in [0.05, 0.1) is 0 Å². The minimum Gasteiger partial charge on any atom is -0.294 e. The third-order valence-corrected chi connectivity index (χ3v) is 5.29. The van der Waals surface area contributed by atoms with E-state index in [1.165, 1.54) is 25.7 Å². The van der Waals surface area contributed by atoms with E-state index in [-0.39, 0.29) is 11.6 Å². The molecule has 146 valence electrons. The van der Waals surface area contributed by atoms with E-state index in [9.17, 15) is 9.59 Å². The van der Waals surface area contributed by atoms with Crippen LogP contribution >= 0.6 is 0 Å². The predicted octanol–water partition coefficient (Wildman–Crippen LogP) is 7.27. The Morgan fingerprint density at radius 3 is 1.46 bits per heavy atom. The molecule has 0 N–H and O–H groups in total. The van der Waals surface area contributed by atoms with Gasteiger partial charge < -0.3 is 0 Å². The average molecular weight is 359 g/mol. The van der Waals surface area contributed by atoms with Gasteiger partial charge in [-0.15, -0.1) is 0 Å². The van der Waals surface area contributed by atoms with Gasteiger partial charge in [0, 0.05) is 24.0 Å². The van der Waals surface area contributed by atoms with E-state index in [1.54, 1.807) is 0 Å². The van der Waals surface area contributed by atoms with E-state index < -0.39 is 0 Å². The van der Waals surface area contributed by atoms with Crippen LogP contribution in [-0.4, -0.2) is 11.6 Å². The van der Waals surface area contributed by atoms with Crippen LogP contribution in [0.5, 0.6) is 0 Å². The first-order chi connectivity index (χ1) is 12.5. The molecule has 1 aromatic rings. The number of Topliss-reactive ketones (excluding diaryl/α,β-unsaturated/α-hetero) is 2. The largest absolute Gasteiger partial charge is 0.294 e. The minimum absolute atomic E-state index is 0.122. The molecule has 0 radical (unpaired) electrons. The first kappa shape index (κ1) is 22.6. The van der Waals surface area contributed by atoms with Crippen molar-refractivity contribution in [2.75, 3.05) is 0 Å². The lowest BCUT2D eigenvalue weighted by Crippen LogP contribution is -2.10. The van der Waals surface area contributed by atoms with Crippen molar-refractivity contribution >= 4 is 11.6 Å². The normalized spacial score (nSPS) is 13.4. The number of hydrogen-bond acceptors (Lipinski definition) is 2. The van der Waals surface area contributed by atoms with Gasteiger partial charge in [-0.2, -0.15) is 0 Å². The van der Waals surface area contributed by atoms with E-state index in [1.807, 2.05) is 24.3 Å². The first-order valence-corrected chi connectivity index (χ1v) is 10.6. The topological polar surface area (TPSA) is 34.1 Å². The van der Waals surface area contributed by atoms with E-state index in [4.69, 9.17) is 0 Å². The van der Waals surface area contributed by atoms with Crippen LogP contribution in [0, 0.1) is 11.8 Å². The Labute approximate surface area is 160 Å². The van der Waals surface area contributed by atoms with E-state index in [0.29, 0.717) is 35.8 Å². The molecule has 0 saturated carbocycles. The van der Waals surface area contributed by atoms with Crippen molar-refractivity contribution in [1.82, 2.24) is 0 Å². The Hall–Kier alpha value is -1.44. The fraction of sp³-hybridized carbons (Fsp3) is 0.667. The van der Waals surface area contributed by atoms with Crippen LogP contribution in [-0.2, 0) is 0 Å². The van der Waals surface area contributed by atoms with Crippen molar-refractivity contribution in [2.45, 2.75) is 91.9 Å². The number of rotatable bonds is 14. The molecule has 26 heavy (non-hydrogen) atoms. The van der Waals surface area contributed by atoms with Crippen LogP contribution in [0.15, 0.2) is 24.3 Å². The molecule has 0 amide bonds. The fourth-order valence-corrected chi connectivity index (χ4v) is 3.74. The summed E-state index contributed by atoms with van der Waals surface area (Å²) in [5, 5.41) is 0. The third kappa shape index (κ3) is 8.29. The summed E-state index contributed by atoms with van der Waals surface area (Å²) < 4.78 is 0. The molecule has 0 spiro atoms. The molecule has 2 nitrogen and oxygen atoms in total. The molecule has 0 aliphatic heterocycles. The fourth-order valence-electron chi connectivity index (χ4n) is 3.74. The second kappa shape index (κ2) is 12.8. The van der Waals surface area contributed by atoms with Gasteiger partial charge in [0.1, 0.15) is 0 Å². The summed E-state index contributed by atoms with van der Waals surface area (Å²) in [6, 6.07) is 7.38. The van der Waals surface area contributed by atoms with Crippen molar-refractivity contribution in [3.05, 3.63) is 35.4 Å². The van der Waals surface area contributed by atoms with Gasteiger partial charge in [-0.3, -0.25) is 9.59 Å².